The maximum Gasteiger partial charge on any atom is 0.573 e. The largest absolute Gasteiger partial charge is 0.573 e. The van der Waals surface area contributed by atoms with Gasteiger partial charge in [-0.3, -0.25) is 0 Å². The van der Waals surface area contributed by atoms with Crippen molar-refractivity contribution in [1.82, 2.24) is 9.97 Å². The summed E-state index contributed by atoms with van der Waals surface area (Å²) in [7, 11) is 2.70. The molecule has 0 saturated heterocycles. The Morgan fingerprint density at radius 2 is 1.86 bits per heavy atom. The van der Waals surface area contributed by atoms with Crippen molar-refractivity contribution < 1.29 is 32.2 Å². The number of carbonyl (C=O) groups is 1. The second-order valence-electron chi connectivity index (χ2n) is 7.52. The van der Waals surface area contributed by atoms with Gasteiger partial charge in [0.15, 0.2) is 0 Å². The molecule has 0 amide bonds. The van der Waals surface area contributed by atoms with E-state index >= 15 is 0 Å². The molecule has 0 bridgehead atoms. The van der Waals surface area contributed by atoms with Crippen LogP contribution in [0.5, 0.6) is 11.5 Å². The third-order valence-corrected chi connectivity index (χ3v) is 4.96. The molecule has 35 heavy (non-hydrogen) atoms. The Hall–Kier alpha value is -4.02. The summed E-state index contributed by atoms with van der Waals surface area (Å²) in [5.41, 5.74) is 1.59. The Kier molecular flexibility index (Phi) is 8.00. The number of hydrogen-bond donors (Lipinski definition) is 2. The molecule has 0 aliphatic rings. The van der Waals surface area contributed by atoms with E-state index in [-0.39, 0.29) is 17.4 Å². The molecule has 11 heteroatoms. The molecular weight excluding hydrogens is 465 g/mol. The van der Waals surface area contributed by atoms with Gasteiger partial charge in [0, 0.05) is 29.4 Å². The highest BCUT2D eigenvalue weighted by molar-refractivity contribution is 5.93. The zero-order valence-electron chi connectivity index (χ0n) is 19.6. The number of alkyl halides is 3. The number of carbonyl (C=O) groups excluding carboxylic acids is 1. The van der Waals surface area contributed by atoms with E-state index in [1.165, 1.54) is 32.4 Å². The number of methoxy groups -OCH3 is 2. The number of halogens is 3. The maximum absolute atomic E-state index is 12.7. The van der Waals surface area contributed by atoms with E-state index in [4.69, 9.17) is 9.47 Å². The zero-order valence-corrected chi connectivity index (χ0v) is 19.6. The van der Waals surface area contributed by atoms with Gasteiger partial charge >= 0.3 is 12.3 Å². The van der Waals surface area contributed by atoms with Gasteiger partial charge in [0.1, 0.15) is 22.9 Å². The molecule has 0 saturated carbocycles. The van der Waals surface area contributed by atoms with E-state index in [0.717, 1.165) is 6.42 Å². The Bertz CT molecular complexity index is 1190. The number of nitrogens with one attached hydrogen (secondary N) is 2. The normalized spacial score (nSPS) is 12.0. The van der Waals surface area contributed by atoms with E-state index in [0.29, 0.717) is 34.5 Å². The first-order chi connectivity index (χ1) is 16.6. The number of ether oxygens (including phenoxy) is 3. The predicted molar refractivity (Wildman–Crippen MR) is 125 cm³/mol. The second-order valence-corrected chi connectivity index (χ2v) is 7.52. The minimum absolute atomic E-state index is 0.0532. The SMILES string of the molecule is CC[C@@H](C)Nc1nc(Nc2ccc(C(=O)OC)c(OC)c2)cc(-c2cccc(OC(F)(F)F)c2)n1. The van der Waals surface area contributed by atoms with E-state index < -0.39 is 12.3 Å². The van der Waals surface area contributed by atoms with E-state index in [1.54, 1.807) is 30.3 Å². The van der Waals surface area contributed by atoms with Gasteiger partial charge in [0.25, 0.3) is 0 Å². The highest BCUT2D eigenvalue weighted by atomic mass is 19.4. The van der Waals surface area contributed by atoms with Crippen LogP contribution in [0.2, 0.25) is 0 Å². The van der Waals surface area contributed by atoms with Crippen LogP contribution in [0.15, 0.2) is 48.5 Å². The standard InChI is InChI=1S/C24H25F3N4O4/c1-5-14(2)28-23-30-19(15-7-6-8-17(11-15)35-24(25,26)27)13-21(31-23)29-16-9-10-18(22(32)34-4)20(12-16)33-3/h6-14H,5H2,1-4H3,(H2,28,29,30,31)/t14-/m1/s1. The fourth-order valence-electron chi connectivity index (χ4n) is 3.09. The third-order valence-electron chi connectivity index (χ3n) is 4.96. The number of esters is 1. The van der Waals surface area contributed by atoms with Crippen molar-refractivity contribution in [2.45, 2.75) is 32.7 Å². The summed E-state index contributed by atoms with van der Waals surface area (Å²) >= 11 is 0. The number of hydrogen-bond acceptors (Lipinski definition) is 8. The van der Waals surface area contributed by atoms with Crippen LogP contribution in [-0.4, -0.2) is 42.6 Å². The zero-order chi connectivity index (χ0) is 25.6. The highest BCUT2D eigenvalue weighted by Gasteiger charge is 2.31. The minimum Gasteiger partial charge on any atom is -0.496 e. The number of anilines is 3. The molecule has 0 aliphatic heterocycles. The van der Waals surface area contributed by atoms with Crippen molar-refractivity contribution in [2.24, 2.45) is 0 Å². The summed E-state index contributed by atoms with van der Waals surface area (Å²) in [6, 6.07) is 12.0. The lowest BCUT2D eigenvalue weighted by Crippen LogP contribution is -2.17. The molecule has 2 N–H and O–H groups in total. The Morgan fingerprint density at radius 3 is 2.51 bits per heavy atom. The van der Waals surface area contributed by atoms with Crippen LogP contribution in [0.25, 0.3) is 11.3 Å². The second kappa shape index (κ2) is 10.9. The van der Waals surface area contributed by atoms with Gasteiger partial charge in [-0.2, -0.15) is 4.98 Å². The van der Waals surface area contributed by atoms with E-state index in [2.05, 4.69) is 25.3 Å². The van der Waals surface area contributed by atoms with Crippen molar-refractivity contribution in [2.75, 3.05) is 24.9 Å². The molecule has 3 rings (SSSR count). The monoisotopic (exact) mass is 490 g/mol. The number of nitrogens with zero attached hydrogens (tertiary/aromatic N) is 2. The lowest BCUT2D eigenvalue weighted by molar-refractivity contribution is -0.274. The molecule has 3 aromatic rings. The molecule has 1 aromatic heterocycles. The van der Waals surface area contributed by atoms with Gasteiger partial charge in [-0.15, -0.1) is 13.2 Å². The topological polar surface area (TPSA) is 94.6 Å². The summed E-state index contributed by atoms with van der Waals surface area (Å²) in [6.45, 7) is 3.95. The van der Waals surface area contributed by atoms with Crippen LogP contribution in [-0.2, 0) is 4.74 Å². The molecule has 0 unspecified atom stereocenters. The van der Waals surface area contributed by atoms with Crippen LogP contribution in [0.3, 0.4) is 0 Å². The molecule has 1 atom stereocenters. The lowest BCUT2D eigenvalue weighted by atomic mass is 10.1. The fraction of sp³-hybridized carbons (Fsp3) is 0.292. The number of benzene rings is 2. The Balaban J connectivity index is 1.99. The summed E-state index contributed by atoms with van der Waals surface area (Å²) in [5, 5.41) is 6.30. The van der Waals surface area contributed by atoms with Crippen molar-refractivity contribution in [3.05, 3.63) is 54.1 Å². The molecular formula is C24H25F3N4O4. The summed E-state index contributed by atoms with van der Waals surface area (Å²) in [4.78, 5) is 20.9. The molecule has 1 heterocycles. The van der Waals surface area contributed by atoms with Gasteiger partial charge < -0.3 is 24.8 Å². The first-order valence-electron chi connectivity index (χ1n) is 10.7. The van der Waals surface area contributed by atoms with Gasteiger partial charge in [-0.1, -0.05) is 19.1 Å². The van der Waals surface area contributed by atoms with Gasteiger partial charge in [-0.05, 0) is 37.6 Å². The van der Waals surface area contributed by atoms with Crippen LogP contribution in [0, 0.1) is 0 Å². The van der Waals surface area contributed by atoms with Crippen LogP contribution >= 0.6 is 0 Å². The number of rotatable bonds is 9. The lowest BCUT2D eigenvalue weighted by Gasteiger charge is -2.16. The maximum atomic E-state index is 12.7. The van der Waals surface area contributed by atoms with Crippen LogP contribution < -0.4 is 20.1 Å². The molecule has 0 radical (unpaired) electrons. The van der Waals surface area contributed by atoms with Crippen molar-refractivity contribution >= 4 is 23.4 Å². The Morgan fingerprint density at radius 1 is 1.09 bits per heavy atom. The van der Waals surface area contributed by atoms with E-state index in [1.807, 2.05) is 13.8 Å². The molecule has 8 nitrogen and oxygen atoms in total. The molecule has 2 aromatic carbocycles. The summed E-state index contributed by atoms with van der Waals surface area (Å²) in [5.74, 6) is 0.0583. The third kappa shape index (κ3) is 6.98. The van der Waals surface area contributed by atoms with Gasteiger partial charge in [0.2, 0.25) is 5.95 Å². The van der Waals surface area contributed by atoms with Crippen LogP contribution in [0.1, 0.15) is 30.6 Å². The van der Waals surface area contributed by atoms with Crippen LogP contribution in [0.4, 0.5) is 30.6 Å². The average molecular weight is 490 g/mol. The first-order valence-corrected chi connectivity index (χ1v) is 10.7. The molecule has 0 spiro atoms. The number of aromatic nitrogens is 2. The van der Waals surface area contributed by atoms with Crippen molar-refractivity contribution in [3.8, 4) is 22.8 Å². The molecule has 0 aliphatic carbocycles. The Labute approximate surface area is 200 Å². The van der Waals surface area contributed by atoms with Crippen molar-refractivity contribution in [3.63, 3.8) is 0 Å². The summed E-state index contributed by atoms with van der Waals surface area (Å²) < 4.78 is 52.1. The minimum atomic E-state index is -4.81. The van der Waals surface area contributed by atoms with Crippen molar-refractivity contribution in [1.29, 1.82) is 0 Å². The average Bonchev–Trinajstić information content (AvgIpc) is 2.82. The van der Waals surface area contributed by atoms with Gasteiger partial charge in [0.05, 0.1) is 19.9 Å². The fourth-order valence-corrected chi connectivity index (χ4v) is 3.09. The summed E-state index contributed by atoms with van der Waals surface area (Å²) in [6.07, 6.45) is -4.01. The highest BCUT2D eigenvalue weighted by Crippen LogP contribution is 2.30. The smallest absolute Gasteiger partial charge is 0.496 e. The quantitative estimate of drug-likeness (QED) is 0.364. The molecule has 0 fully saturated rings. The van der Waals surface area contributed by atoms with E-state index in [9.17, 15) is 18.0 Å². The molecule has 186 valence electrons. The first kappa shape index (κ1) is 25.6. The van der Waals surface area contributed by atoms with Gasteiger partial charge in [-0.25, -0.2) is 9.78 Å². The predicted octanol–water partition coefficient (Wildman–Crippen LogP) is 5.79.